The number of piperidine rings is 1. The summed E-state index contributed by atoms with van der Waals surface area (Å²) in [5.74, 6) is -0.110. The van der Waals surface area contributed by atoms with Crippen LogP contribution in [0.25, 0.3) is 0 Å². The molecule has 0 radical (unpaired) electrons. The van der Waals surface area contributed by atoms with Gasteiger partial charge in [-0.1, -0.05) is 30.3 Å². The van der Waals surface area contributed by atoms with Crippen LogP contribution in [0.2, 0.25) is 0 Å². The van der Waals surface area contributed by atoms with Gasteiger partial charge in [-0.3, -0.25) is 9.69 Å². The molecule has 1 fully saturated rings. The number of aromatic amines is 2. The molecule has 122 valence electrons. The lowest BCUT2D eigenvalue weighted by Gasteiger charge is -2.37. The molecular weight excluding hydrogens is 292 g/mol. The zero-order valence-electron chi connectivity index (χ0n) is 13.3. The van der Waals surface area contributed by atoms with E-state index in [1.54, 1.807) is 0 Å². The van der Waals surface area contributed by atoms with Crippen molar-refractivity contribution in [3.63, 3.8) is 0 Å². The van der Waals surface area contributed by atoms with Crippen molar-refractivity contribution in [2.75, 3.05) is 20.1 Å². The molecule has 1 aromatic heterocycles. The Balaban J connectivity index is 1.63. The van der Waals surface area contributed by atoms with Gasteiger partial charge in [-0.25, -0.2) is 4.79 Å². The van der Waals surface area contributed by atoms with Crippen LogP contribution >= 0.6 is 0 Å². The summed E-state index contributed by atoms with van der Waals surface area (Å²) in [5.41, 5.74) is 1.26. The van der Waals surface area contributed by atoms with Crippen molar-refractivity contribution in [2.24, 2.45) is 0 Å². The zero-order valence-corrected chi connectivity index (χ0v) is 13.3. The second kappa shape index (κ2) is 6.83. The van der Waals surface area contributed by atoms with E-state index < -0.39 is 0 Å². The van der Waals surface area contributed by atoms with Crippen LogP contribution in [-0.2, 0) is 6.54 Å². The summed E-state index contributed by atoms with van der Waals surface area (Å²) in [6.07, 6.45) is 3.50. The van der Waals surface area contributed by atoms with E-state index in [1.807, 2.05) is 23.1 Å². The van der Waals surface area contributed by atoms with Crippen LogP contribution < -0.4 is 5.69 Å². The van der Waals surface area contributed by atoms with E-state index in [1.165, 1.54) is 11.8 Å². The second-order valence-electron chi connectivity index (χ2n) is 6.10. The molecule has 1 aliphatic rings. The molecule has 1 aliphatic heterocycles. The van der Waals surface area contributed by atoms with E-state index >= 15 is 0 Å². The zero-order chi connectivity index (χ0) is 16.2. The Labute approximate surface area is 135 Å². The van der Waals surface area contributed by atoms with Crippen molar-refractivity contribution in [2.45, 2.75) is 25.4 Å². The number of H-pyrrole nitrogens is 2. The number of likely N-dealkylation sites (tertiary alicyclic amines) is 1. The maximum absolute atomic E-state index is 12.5. The molecule has 6 nitrogen and oxygen atoms in total. The number of amides is 1. The largest absolute Gasteiger partial charge is 0.336 e. The van der Waals surface area contributed by atoms with Gasteiger partial charge in [0.25, 0.3) is 5.91 Å². The Morgan fingerprint density at radius 1 is 1.35 bits per heavy atom. The normalized spacial score (nSPS) is 18.3. The number of imidazole rings is 1. The molecule has 2 N–H and O–H groups in total. The molecule has 2 aromatic rings. The number of carbonyl (C=O) groups excluding carboxylic acids is 1. The van der Waals surface area contributed by atoms with Gasteiger partial charge in [0.1, 0.15) is 5.69 Å². The van der Waals surface area contributed by atoms with Gasteiger partial charge in [0.05, 0.1) is 0 Å². The SMILES string of the molecule is CN(Cc1ccccc1)[C@@H]1CCCN(C(=O)c2c[nH]c(=O)[nH]2)C1. The Hall–Kier alpha value is -2.34. The number of hydrogen-bond donors (Lipinski definition) is 2. The molecule has 1 atom stereocenters. The van der Waals surface area contributed by atoms with Gasteiger partial charge in [0.15, 0.2) is 0 Å². The summed E-state index contributed by atoms with van der Waals surface area (Å²) in [4.78, 5) is 32.8. The minimum absolute atomic E-state index is 0.110. The van der Waals surface area contributed by atoms with Crippen molar-refractivity contribution in [3.05, 3.63) is 58.3 Å². The summed E-state index contributed by atoms with van der Waals surface area (Å²) < 4.78 is 0. The first kappa shape index (κ1) is 15.6. The van der Waals surface area contributed by atoms with Crippen LogP contribution in [0.1, 0.15) is 28.9 Å². The van der Waals surface area contributed by atoms with E-state index in [2.05, 4.69) is 34.0 Å². The maximum atomic E-state index is 12.5. The highest BCUT2D eigenvalue weighted by molar-refractivity contribution is 5.92. The number of aromatic nitrogens is 2. The molecule has 0 aliphatic carbocycles. The van der Waals surface area contributed by atoms with Crippen LogP contribution in [0.4, 0.5) is 0 Å². The van der Waals surface area contributed by atoms with Crippen LogP contribution in [-0.4, -0.2) is 51.9 Å². The highest BCUT2D eigenvalue weighted by Gasteiger charge is 2.27. The van der Waals surface area contributed by atoms with Gasteiger partial charge >= 0.3 is 5.69 Å². The van der Waals surface area contributed by atoms with Gasteiger partial charge in [-0.2, -0.15) is 0 Å². The summed E-state index contributed by atoms with van der Waals surface area (Å²) in [6, 6.07) is 10.7. The molecule has 1 amide bonds. The number of nitrogens with zero attached hydrogens (tertiary/aromatic N) is 2. The van der Waals surface area contributed by atoms with Crippen LogP contribution in [0.3, 0.4) is 0 Å². The minimum Gasteiger partial charge on any atom is -0.336 e. The third kappa shape index (κ3) is 3.71. The third-order valence-electron chi connectivity index (χ3n) is 4.41. The molecule has 6 heteroatoms. The minimum atomic E-state index is -0.344. The van der Waals surface area contributed by atoms with Crippen molar-refractivity contribution < 1.29 is 4.79 Å². The number of benzene rings is 1. The highest BCUT2D eigenvalue weighted by atomic mass is 16.2. The summed E-state index contributed by atoms with van der Waals surface area (Å²) in [6.45, 7) is 2.30. The van der Waals surface area contributed by atoms with Crippen molar-refractivity contribution in [1.82, 2.24) is 19.8 Å². The predicted molar refractivity (Wildman–Crippen MR) is 88.2 cm³/mol. The summed E-state index contributed by atoms with van der Waals surface area (Å²) >= 11 is 0. The molecule has 23 heavy (non-hydrogen) atoms. The second-order valence-corrected chi connectivity index (χ2v) is 6.10. The summed E-state index contributed by atoms with van der Waals surface area (Å²) in [7, 11) is 2.10. The lowest BCUT2D eigenvalue weighted by Crippen LogP contribution is -2.48. The maximum Gasteiger partial charge on any atom is 0.323 e. The van der Waals surface area contributed by atoms with Crippen molar-refractivity contribution >= 4 is 5.91 Å². The molecule has 0 bridgehead atoms. The molecule has 1 aromatic carbocycles. The van der Waals surface area contributed by atoms with E-state index in [-0.39, 0.29) is 11.6 Å². The monoisotopic (exact) mass is 314 g/mol. The molecule has 3 rings (SSSR count). The molecule has 0 unspecified atom stereocenters. The van der Waals surface area contributed by atoms with Gasteiger partial charge in [0, 0.05) is 31.9 Å². The lowest BCUT2D eigenvalue weighted by atomic mass is 10.0. The number of hydrogen-bond acceptors (Lipinski definition) is 3. The van der Waals surface area contributed by atoms with Crippen LogP contribution in [0, 0.1) is 0 Å². The quantitative estimate of drug-likeness (QED) is 0.897. The number of nitrogens with one attached hydrogen (secondary N) is 2. The highest BCUT2D eigenvalue weighted by Crippen LogP contribution is 2.18. The van der Waals surface area contributed by atoms with E-state index in [4.69, 9.17) is 0 Å². The Morgan fingerprint density at radius 2 is 2.13 bits per heavy atom. The smallest absolute Gasteiger partial charge is 0.323 e. The fourth-order valence-corrected chi connectivity index (χ4v) is 3.12. The van der Waals surface area contributed by atoms with Crippen molar-refractivity contribution in [1.29, 1.82) is 0 Å². The third-order valence-corrected chi connectivity index (χ3v) is 4.41. The first-order valence-corrected chi connectivity index (χ1v) is 7.94. The van der Waals surface area contributed by atoms with Gasteiger partial charge in [-0.05, 0) is 25.5 Å². The Kier molecular flexibility index (Phi) is 4.62. The van der Waals surface area contributed by atoms with Crippen LogP contribution in [0.15, 0.2) is 41.3 Å². The average Bonchev–Trinajstić information content (AvgIpc) is 3.01. The average molecular weight is 314 g/mol. The van der Waals surface area contributed by atoms with Crippen LogP contribution in [0.5, 0.6) is 0 Å². The first-order valence-electron chi connectivity index (χ1n) is 7.94. The Morgan fingerprint density at radius 3 is 2.83 bits per heavy atom. The fraction of sp³-hybridized carbons (Fsp3) is 0.412. The molecule has 1 saturated heterocycles. The first-order chi connectivity index (χ1) is 11.1. The Bertz CT molecular complexity index is 707. The summed E-state index contributed by atoms with van der Waals surface area (Å²) in [5, 5.41) is 0. The standard InChI is InChI=1S/C17H22N4O2/c1-20(11-13-6-3-2-4-7-13)14-8-5-9-21(12-14)16(22)15-10-18-17(23)19-15/h2-4,6-7,10,14H,5,8-9,11-12H2,1H3,(H2,18,19,23)/t14-/m1/s1. The predicted octanol–water partition coefficient (Wildman–Crippen LogP) is 1.44. The molecule has 0 spiro atoms. The van der Waals surface area contributed by atoms with Crippen molar-refractivity contribution in [3.8, 4) is 0 Å². The van der Waals surface area contributed by atoms with Gasteiger partial charge in [-0.15, -0.1) is 0 Å². The van der Waals surface area contributed by atoms with E-state index in [9.17, 15) is 9.59 Å². The molecular formula is C17H22N4O2. The lowest BCUT2D eigenvalue weighted by molar-refractivity contribution is 0.0597. The van der Waals surface area contributed by atoms with Gasteiger partial charge < -0.3 is 14.9 Å². The number of rotatable bonds is 4. The van der Waals surface area contributed by atoms with E-state index in [0.29, 0.717) is 18.3 Å². The number of carbonyl (C=O) groups is 1. The fourth-order valence-electron chi connectivity index (χ4n) is 3.12. The molecule has 2 heterocycles. The van der Waals surface area contributed by atoms with E-state index in [0.717, 1.165) is 25.9 Å². The topological polar surface area (TPSA) is 72.2 Å². The van der Waals surface area contributed by atoms with Gasteiger partial charge in [0.2, 0.25) is 0 Å². The molecule has 0 saturated carbocycles. The number of likely N-dealkylation sites (N-methyl/N-ethyl adjacent to an activating group) is 1.